The maximum Gasteiger partial charge on any atom is 0.0724 e. The molecule has 1 heterocycles. The van der Waals surface area contributed by atoms with Crippen molar-refractivity contribution in [2.45, 2.75) is 0 Å². The fraction of sp³-hybridized carbons (Fsp3) is 0. The summed E-state index contributed by atoms with van der Waals surface area (Å²) in [6, 6.07) is 7.27. The van der Waals surface area contributed by atoms with Crippen LogP contribution in [0.5, 0.6) is 0 Å². The highest BCUT2D eigenvalue weighted by atomic mass is 14.7. The minimum atomic E-state index is 0.710. The van der Waals surface area contributed by atoms with Crippen LogP contribution in [-0.4, -0.2) is 4.98 Å². The van der Waals surface area contributed by atoms with Crippen LogP contribution in [0.15, 0.2) is 30.5 Å². The fourth-order valence-electron chi connectivity index (χ4n) is 1.19. The summed E-state index contributed by atoms with van der Waals surface area (Å²) in [5, 5.41) is 0.914. The van der Waals surface area contributed by atoms with Gasteiger partial charge in [-0.1, -0.05) is 0 Å². The van der Waals surface area contributed by atoms with Gasteiger partial charge in [0.25, 0.3) is 0 Å². The summed E-state index contributed by atoms with van der Waals surface area (Å²) in [5.74, 6) is 0. The fourth-order valence-corrected chi connectivity index (χ4v) is 1.19. The lowest BCUT2D eigenvalue weighted by Gasteiger charge is -2.00. The summed E-state index contributed by atoms with van der Waals surface area (Å²) in [6.45, 7) is 0. The molecule has 0 saturated heterocycles. The summed E-state index contributed by atoms with van der Waals surface area (Å²) < 4.78 is 0. The first kappa shape index (κ1) is 6.91. The Labute approximate surface area is 70.0 Å². The zero-order valence-corrected chi connectivity index (χ0v) is 6.49. The number of anilines is 2. The molecule has 2 rings (SSSR count). The molecule has 4 N–H and O–H groups in total. The molecule has 0 fully saturated rings. The van der Waals surface area contributed by atoms with Crippen molar-refractivity contribution >= 4 is 22.3 Å². The van der Waals surface area contributed by atoms with Gasteiger partial charge in [0.2, 0.25) is 0 Å². The molecule has 0 atom stereocenters. The van der Waals surface area contributed by atoms with Crippen molar-refractivity contribution in [1.29, 1.82) is 0 Å². The molecule has 0 bridgehead atoms. The van der Waals surface area contributed by atoms with E-state index in [1.807, 2.05) is 18.2 Å². The molecule has 60 valence electrons. The molecule has 1 aromatic heterocycles. The second kappa shape index (κ2) is 2.37. The van der Waals surface area contributed by atoms with Crippen molar-refractivity contribution in [3.63, 3.8) is 0 Å². The number of fused-ring (bicyclic) bond motifs is 1. The van der Waals surface area contributed by atoms with Gasteiger partial charge in [0, 0.05) is 23.0 Å². The van der Waals surface area contributed by atoms with Crippen LogP contribution < -0.4 is 11.5 Å². The van der Waals surface area contributed by atoms with Crippen LogP contribution in [0.2, 0.25) is 0 Å². The molecule has 0 aliphatic rings. The van der Waals surface area contributed by atoms with E-state index in [2.05, 4.69) is 4.98 Å². The molecule has 2 aromatic rings. The summed E-state index contributed by atoms with van der Waals surface area (Å²) in [7, 11) is 0. The van der Waals surface area contributed by atoms with Crippen LogP contribution in [0, 0.1) is 0 Å². The summed E-state index contributed by atoms with van der Waals surface area (Å²) in [4.78, 5) is 4.15. The van der Waals surface area contributed by atoms with Crippen molar-refractivity contribution in [1.82, 2.24) is 4.98 Å². The topological polar surface area (TPSA) is 64.9 Å². The van der Waals surface area contributed by atoms with Gasteiger partial charge in [-0.25, -0.2) is 0 Å². The highest BCUT2D eigenvalue weighted by Gasteiger charge is 1.97. The summed E-state index contributed by atoms with van der Waals surface area (Å²) in [5.41, 5.74) is 13.6. The molecule has 0 radical (unpaired) electrons. The van der Waals surface area contributed by atoms with Crippen molar-refractivity contribution < 1.29 is 0 Å². The van der Waals surface area contributed by atoms with Crippen molar-refractivity contribution in [3.8, 4) is 0 Å². The lowest BCUT2D eigenvalue weighted by atomic mass is 10.2. The average molecular weight is 159 g/mol. The van der Waals surface area contributed by atoms with Crippen LogP contribution in [-0.2, 0) is 0 Å². The number of rotatable bonds is 0. The standard InChI is InChI=1S/C9H9N3/c10-6-1-2-9-7(5-6)8(11)3-4-12-9/h1-5H,10H2,(H2,11,12). The monoisotopic (exact) mass is 159 g/mol. The van der Waals surface area contributed by atoms with Crippen molar-refractivity contribution in [2.75, 3.05) is 11.5 Å². The Hall–Kier alpha value is -1.77. The van der Waals surface area contributed by atoms with Gasteiger partial charge in [0.05, 0.1) is 5.52 Å². The summed E-state index contributed by atoms with van der Waals surface area (Å²) in [6.07, 6.45) is 1.69. The van der Waals surface area contributed by atoms with Gasteiger partial charge in [-0.05, 0) is 24.3 Å². The van der Waals surface area contributed by atoms with E-state index in [4.69, 9.17) is 11.5 Å². The molecule has 3 heteroatoms. The first-order valence-corrected chi connectivity index (χ1v) is 3.67. The highest BCUT2D eigenvalue weighted by Crippen LogP contribution is 2.20. The molecule has 1 aromatic carbocycles. The van der Waals surface area contributed by atoms with Crippen molar-refractivity contribution in [2.24, 2.45) is 0 Å². The molecule has 0 amide bonds. The zero-order valence-electron chi connectivity index (χ0n) is 6.49. The third-order valence-electron chi connectivity index (χ3n) is 1.80. The van der Waals surface area contributed by atoms with Gasteiger partial charge >= 0.3 is 0 Å². The Morgan fingerprint density at radius 3 is 2.75 bits per heavy atom. The van der Waals surface area contributed by atoms with E-state index in [0.29, 0.717) is 11.4 Å². The minimum Gasteiger partial charge on any atom is -0.399 e. The largest absolute Gasteiger partial charge is 0.399 e. The Balaban J connectivity index is 2.88. The molecule has 0 saturated carbocycles. The summed E-state index contributed by atoms with van der Waals surface area (Å²) >= 11 is 0. The third kappa shape index (κ3) is 0.955. The van der Waals surface area contributed by atoms with E-state index >= 15 is 0 Å². The SMILES string of the molecule is Nc1ccc2nccc(N)c2c1. The zero-order chi connectivity index (χ0) is 8.55. The van der Waals surface area contributed by atoms with Crippen LogP contribution in [0.3, 0.4) is 0 Å². The van der Waals surface area contributed by atoms with Crippen molar-refractivity contribution in [3.05, 3.63) is 30.5 Å². The van der Waals surface area contributed by atoms with E-state index in [1.54, 1.807) is 12.3 Å². The van der Waals surface area contributed by atoms with Crippen LogP contribution >= 0.6 is 0 Å². The molecule has 12 heavy (non-hydrogen) atoms. The van der Waals surface area contributed by atoms with Gasteiger partial charge in [0.1, 0.15) is 0 Å². The quantitative estimate of drug-likeness (QED) is 0.571. The lowest BCUT2D eigenvalue weighted by molar-refractivity contribution is 1.41. The van der Waals surface area contributed by atoms with Gasteiger partial charge in [-0.3, -0.25) is 4.98 Å². The van der Waals surface area contributed by atoms with E-state index in [-0.39, 0.29) is 0 Å². The molecule has 3 nitrogen and oxygen atoms in total. The van der Waals surface area contributed by atoms with Gasteiger partial charge < -0.3 is 11.5 Å². The maximum absolute atomic E-state index is 5.73. The number of aromatic nitrogens is 1. The Kier molecular flexibility index (Phi) is 1.37. The number of hydrogen-bond donors (Lipinski definition) is 2. The minimum absolute atomic E-state index is 0.710. The Morgan fingerprint density at radius 1 is 1.08 bits per heavy atom. The first-order valence-electron chi connectivity index (χ1n) is 3.67. The lowest BCUT2D eigenvalue weighted by Crippen LogP contribution is -1.90. The van der Waals surface area contributed by atoms with Gasteiger partial charge in [-0.15, -0.1) is 0 Å². The van der Waals surface area contributed by atoms with Crippen LogP contribution in [0.25, 0.3) is 10.9 Å². The molecular formula is C9H9N3. The van der Waals surface area contributed by atoms with Gasteiger partial charge in [-0.2, -0.15) is 0 Å². The molecule has 0 spiro atoms. The Bertz CT molecular complexity index is 423. The second-order valence-corrected chi connectivity index (χ2v) is 2.68. The van der Waals surface area contributed by atoms with E-state index in [1.165, 1.54) is 0 Å². The molecule has 0 aliphatic heterocycles. The smallest absolute Gasteiger partial charge is 0.0724 e. The molecule has 0 unspecified atom stereocenters. The number of nitrogen functional groups attached to an aromatic ring is 2. The van der Waals surface area contributed by atoms with E-state index in [9.17, 15) is 0 Å². The maximum atomic E-state index is 5.73. The third-order valence-corrected chi connectivity index (χ3v) is 1.80. The second-order valence-electron chi connectivity index (χ2n) is 2.68. The molecular weight excluding hydrogens is 150 g/mol. The number of pyridine rings is 1. The van der Waals surface area contributed by atoms with E-state index < -0.39 is 0 Å². The number of hydrogen-bond acceptors (Lipinski definition) is 3. The number of nitrogens with zero attached hydrogens (tertiary/aromatic N) is 1. The number of nitrogens with two attached hydrogens (primary N) is 2. The first-order chi connectivity index (χ1) is 5.77. The average Bonchev–Trinajstić information content (AvgIpc) is 2.07. The van der Waals surface area contributed by atoms with Gasteiger partial charge in [0.15, 0.2) is 0 Å². The predicted molar refractivity (Wildman–Crippen MR) is 50.6 cm³/mol. The van der Waals surface area contributed by atoms with E-state index in [0.717, 1.165) is 10.9 Å². The normalized spacial score (nSPS) is 10.3. The number of benzene rings is 1. The Morgan fingerprint density at radius 2 is 1.92 bits per heavy atom. The predicted octanol–water partition coefficient (Wildman–Crippen LogP) is 1.40. The van der Waals surface area contributed by atoms with Crippen LogP contribution in [0.4, 0.5) is 11.4 Å². The highest BCUT2D eigenvalue weighted by molar-refractivity contribution is 5.91. The molecule has 0 aliphatic carbocycles. The van der Waals surface area contributed by atoms with Crippen LogP contribution in [0.1, 0.15) is 0 Å².